The van der Waals surface area contributed by atoms with Crippen LogP contribution in [0, 0.1) is 0 Å². The third kappa shape index (κ3) is 25.9. The van der Waals surface area contributed by atoms with Gasteiger partial charge < -0.3 is 0 Å². The molecular formula is C37H73N2+. The van der Waals surface area contributed by atoms with Gasteiger partial charge in [0.05, 0.1) is 13.1 Å². The maximum absolute atomic E-state index is 2.41. The van der Waals surface area contributed by atoms with E-state index in [0.29, 0.717) is 0 Å². The minimum Gasteiger partial charge on any atom is -0.237 e. The van der Waals surface area contributed by atoms with Crippen molar-refractivity contribution >= 4 is 0 Å². The summed E-state index contributed by atoms with van der Waals surface area (Å²) >= 11 is 0. The van der Waals surface area contributed by atoms with Crippen LogP contribution in [0.15, 0.2) is 18.7 Å². The Morgan fingerprint density at radius 2 is 0.692 bits per heavy atom. The Morgan fingerprint density at radius 1 is 0.385 bits per heavy atom. The van der Waals surface area contributed by atoms with Crippen LogP contribution in [0.1, 0.15) is 206 Å². The van der Waals surface area contributed by atoms with Crippen LogP contribution in [0.5, 0.6) is 0 Å². The first-order valence-electron chi connectivity index (χ1n) is 18.4. The Hall–Kier alpha value is -0.790. The average Bonchev–Trinajstić information content (AvgIpc) is 3.40. The summed E-state index contributed by atoms with van der Waals surface area (Å²) in [5, 5.41) is 0. The smallest absolute Gasteiger partial charge is 0.237 e. The standard InChI is InChI=1S/C37H73N2/c1-3-5-7-9-11-13-15-17-19-20-22-24-26-28-30-32-34-39-36-35-38(37-39)33-31-29-27-25-23-21-18-16-14-12-10-8-6-4-2/h35-37H,3-34H2,1-2H3/q+1. The second-order valence-electron chi connectivity index (χ2n) is 12.8. The van der Waals surface area contributed by atoms with Crippen LogP contribution >= 0.6 is 0 Å². The van der Waals surface area contributed by atoms with Crippen molar-refractivity contribution in [1.29, 1.82) is 0 Å². The van der Waals surface area contributed by atoms with E-state index in [9.17, 15) is 0 Å². The number of nitrogens with zero attached hydrogens (tertiary/aromatic N) is 2. The molecule has 0 aliphatic carbocycles. The maximum atomic E-state index is 2.41. The molecule has 1 aromatic heterocycles. The number of aromatic nitrogens is 2. The second-order valence-corrected chi connectivity index (χ2v) is 12.8. The highest BCUT2D eigenvalue weighted by molar-refractivity contribution is 4.66. The third-order valence-electron chi connectivity index (χ3n) is 8.79. The molecule has 0 radical (unpaired) electrons. The molecule has 0 unspecified atom stereocenters. The van der Waals surface area contributed by atoms with E-state index in [1.54, 1.807) is 0 Å². The van der Waals surface area contributed by atoms with E-state index in [-0.39, 0.29) is 0 Å². The van der Waals surface area contributed by atoms with Crippen LogP contribution in [0.25, 0.3) is 0 Å². The molecule has 0 aromatic carbocycles. The lowest BCUT2D eigenvalue weighted by Crippen LogP contribution is -2.30. The normalized spacial score (nSPS) is 11.5. The molecule has 1 aromatic rings. The highest BCUT2D eigenvalue weighted by Gasteiger charge is 2.04. The lowest BCUT2D eigenvalue weighted by Gasteiger charge is -2.03. The molecule has 2 nitrogen and oxygen atoms in total. The Morgan fingerprint density at radius 3 is 1.05 bits per heavy atom. The topological polar surface area (TPSA) is 8.81 Å². The fourth-order valence-corrected chi connectivity index (χ4v) is 6.03. The zero-order valence-corrected chi connectivity index (χ0v) is 27.3. The van der Waals surface area contributed by atoms with Gasteiger partial charge in [0.2, 0.25) is 6.33 Å². The monoisotopic (exact) mass is 546 g/mol. The van der Waals surface area contributed by atoms with Crippen LogP contribution in [-0.4, -0.2) is 4.57 Å². The lowest BCUT2D eigenvalue weighted by atomic mass is 10.0. The molecule has 0 fully saturated rings. The van der Waals surface area contributed by atoms with Crippen LogP contribution in [-0.2, 0) is 13.1 Å². The molecule has 0 amide bonds. The van der Waals surface area contributed by atoms with Crippen LogP contribution in [0.3, 0.4) is 0 Å². The predicted molar refractivity (Wildman–Crippen MR) is 174 cm³/mol. The summed E-state index contributed by atoms with van der Waals surface area (Å²) < 4.78 is 4.82. The Labute approximate surface area is 247 Å². The van der Waals surface area contributed by atoms with Gasteiger partial charge in [-0.3, -0.25) is 0 Å². The first-order chi connectivity index (χ1) is 19.4. The fourth-order valence-electron chi connectivity index (χ4n) is 6.03. The van der Waals surface area contributed by atoms with E-state index < -0.39 is 0 Å². The van der Waals surface area contributed by atoms with Gasteiger partial charge in [-0.2, -0.15) is 0 Å². The van der Waals surface area contributed by atoms with Gasteiger partial charge in [-0.15, -0.1) is 0 Å². The van der Waals surface area contributed by atoms with Crippen molar-refractivity contribution in [2.45, 2.75) is 220 Å². The molecule has 0 aliphatic heterocycles. The minimum atomic E-state index is 1.20. The fraction of sp³-hybridized carbons (Fsp3) is 0.919. The second kappa shape index (κ2) is 30.2. The molecule has 0 saturated carbocycles. The highest BCUT2D eigenvalue weighted by atomic mass is 15.1. The molecule has 1 rings (SSSR count). The molecule has 39 heavy (non-hydrogen) atoms. The summed E-state index contributed by atoms with van der Waals surface area (Å²) in [5.41, 5.74) is 0. The van der Waals surface area contributed by atoms with Crippen LogP contribution in [0.2, 0.25) is 0 Å². The van der Waals surface area contributed by atoms with Gasteiger partial charge in [0.15, 0.2) is 0 Å². The van der Waals surface area contributed by atoms with Crippen molar-refractivity contribution < 1.29 is 4.57 Å². The SMILES string of the molecule is CCCCCCCCCCCCCCCCCCn1cc[n+](CCCCCCCCCCCCCCCC)c1. The molecule has 2 heteroatoms. The Bertz CT molecular complexity index is 578. The average molecular weight is 546 g/mol. The largest absolute Gasteiger partial charge is 0.243 e. The van der Waals surface area contributed by atoms with Crippen molar-refractivity contribution in [3.05, 3.63) is 18.7 Å². The number of hydrogen-bond acceptors (Lipinski definition) is 0. The van der Waals surface area contributed by atoms with Gasteiger partial charge in [0.1, 0.15) is 12.4 Å². The molecule has 1 heterocycles. The van der Waals surface area contributed by atoms with Gasteiger partial charge >= 0.3 is 0 Å². The Kier molecular flexibility index (Phi) is 28.0. The number of imidazole rings is 1. The summed E-state index contributed by atoms with van der Waals surface area (Å²) in [7, 11) is 0. The van der Waals surface area contributed by atoms with Gasteiger partial charge in [-0.05, 0) is 25.7 Å². The van der Waals surface area contributed by atoms with Crippen molar-refractivity contribution in [3.63, 3.8) is 0 Å². The number of unbranched alkanes of at least 4 members (excludes halogenated alkanes) is 28. The highest BCUT2D eigenvalue weighted by Crippen LogP contribution is 2.15. The quantitative estimate of drug-likeness (QED) is 0.0628. The van der Waals surface area contributed by atoms with Crippen molar-refractivity contribution in [1.82, 2.24) is 4.57 Å². The zero-order valence-electron chi connectivity index (χ0n) is 27.3. The maximum Gasteiger partial charge on any atom is 0.243 e. The molecule has 0 saturated heterocycles. The third-order valence-corrected chi connectivity index (χ3v) is 8.79. The molecule has 230 valence electrons. The van der Waals surface area contributed by atoms with Gasteiger partial charge in [0.25, 0.3) is 0 Å². The number of rotatable bonds is 32. The minimum absolute atomic E-state index is 1.20. The summed E-state index contributed by atoms with van der Waals surface area (Å²) in [5.74, 6) is 0. The zero-order chi connectivity index (χ0) is 27.9. The predicted octanol–water partition coefficient (Wildman–Crippen LogP) is 12.5. The van der Waals surface area contributed by atoms with E-state index in [0.717, 1.165) is 0 Å². The summed E-state index contributed by atoms with van der Waals surface area (Å²) in [6, 6.07) is 0. The summed E-state index contributed by atoms with van der Waals surface area (Å²) in [4.78, 5) is 0. The molecule has 0 bridgehead atoms. The first kappa shape index (κ1) is 36.2. The molecule has 0 N–H and O–H groups in total. The van der Waals surface area contributed by atoms with Gasteiger partial charge in [0, 0.05) is 0 Å². The molecule has 0 spiro atoms. The molecule has 0 aliphatic rings. The van der Waals surface area contributed by atoms with E-state index in [1.165, 1.54) is 206 Å². The van der Waals surface area contributed by atoms with Crippen molar-refractivity contribution in [2.24, 2.45) is 0 Å². The van der Waals surface area contributed by atoms with E-state index in [2.05, 4.69) is 41.7 Å². The number of hydrogen-bond donors (Lipinski definition) is 0. The van der Waals surface area contributed by atoms with Gasteiger partial charge in [-0.25, -0.2) is 9.13 Å². The Balaban J connectivity index is 1.79. The molecular weight excluding hydrogens is 472 g/mol. The van der Waals surface area contributed by atoms with E-state index in [1.807, 2.05) is 0 Å². The van der Waals surface area contributed by atoms with E-state index >= 15 is 0 Å². The lowest BCUT2D eigenvalue weighted by molar-refractivity contribution is -0.696. The molecule has 0 atom stereocenters. The number of aryl methyl sites for hydroxylation is 2. The first-order valence-corrected chi connectivity index (χ1v) is 18.4. The van der Waals surface area contributed by atoms with Crippen LogP contribution in [0.4, 0.5) is 0 Å². The van der Waals surface area contributed by atoms with Crippen molar-refractivity contribution in [2.75, 3.05) is 0 Å². The van der Waals surface area contributed by atoms with E-state index in [4.69, 9.17) is 0 Å². The van der Waals surface area contributed by atoms with Crippen molar-refractivity contribution in [3.8, 4) is 0 Å². The summed E-state index contributed by atoms with van der Waals surface area (Å²) in [6.07, 6.45) is 50.2. The summed E-state index contributed by atoms with van der Waals surface area (Å²) in [6.45, 7) is 7.01. The van der Waals surface area contributed by atoms with Gasteiger partial charge in [-0.1, -0.05) is 181 Å². The van der Waals surface area contributed by atoms with Crippen LogP contribution < -0.4 is 4.57 Å².